The van der Waals surface area contributed by atoms with Gasteiger partial charge in [-0.1, -0.05) is 15.9 Å². The summed E-state index contributed by atoms with van der Waals surface area (Å²) in [4.78, 5) is 0.137. The number of hydrogen-bond donors (Lipinski definition) is 1. The molecule has 118 valence electrons. The van der Waals surface area contributed by atoms with Gasteiger partial charge in [0.2, 0.25) is 10.0 Å². The van der Waals surface area contributed by atoms with Gasteiger partial charge in [0.1, 0.15) is 10.6 Å². The van der Waals surface area contributed by atoms with E-state index in [1.54, 1.807) is 12.1 Å². The largest absolute Gasteiger partial charge is 0.495 e. The maximum atomic E-state index is 12.3. The molecule has 0 amide bonds. The van der Waals surface area contributed by atoms with Crippen molar-refractivity contribution in [1.29, 1.82) is 0 Å². The highest BCUT2D eigenvalue weighted by Gasteiger charge is 2.21. The predicted octanol–water partition coefficient (Wildman–Crippen LogP) is 2.55. The van der Waals surface area contributed by atoms with Crippen LogP contribution >= 0.6 is 15.9 Å². The number of hydrogen-bond acceptors (Lipinski definition) is 4. The van der Waals surface area contributed by atoms with Crippen LogP contribution in [0.2, 0.25) is 0 Å². The molecule has 1 fully saturated rings. The number of methoxy groups -OCH3 is 1. The predicted molar refractivity (Wildman–Crippen MR) is 84.0 cm³/mol. The number of nitrogens with one attached hydrogen (secondary N) is 1. The van der Waals surface area contributed by atoms with Crippen LogP contribution in [-0.4, -0.2) is 35.3 Å². The molecule has 0 radical (unpaired) electrons. The summed E-state index contributed by atoms with van der Waals surface area (Å²) < 4.78 is 38.4. The maximum Gasteiger partial charge on any atom is 0.244 e. The number of rotatable bonds is 9. The van der Waals surface area contributed by atoms with E-state index in [-0.39, 0.29) is 4.90 Å². The average molecular weight is 378 g/mol. The number of benzene rings is 1. The van der Waals surface area contributed by atoms with Gasteiger partial charge in [0, 0.05) is 24.2 Å². The number of halogens is 1. The van der Waals surface area contributed by atoms with E-state index in [1.807, 2.05) is 0 Å². The van der Waals surface area contributed by atoms with Crippen LogP contribution in [0.15, 0.2) is 27.6 Å². The van der Waals surface area contributed by atoms with Gasteiger partial charge in [0.15, 0.2) is 0 Å². The fraction of sp³-hybridized carbons (Fsp3) is 0.571. The van der Waals surface area contributed by atoms with Gasteiger partial charge in [-0.2, -0.15) is 0 Å². The molecule has 1 aliphatic rings. The zero-order valence-electron chi connectivity index (χ0n) is 12.0. The second-order valence-corrected chi connectivity index (χ2v) is 7.72. The Morgan fingerprint density at radius 1 is 1.38 bits per heavy atom. The Morgan fingerprint density at radius 2 is 2.14 bits per heavy atom. The Bertz CT molecular complexity index is 572. The molecule has 1 aliphatic carbocycles. The summed E-state index contributed by atoms with van der Waals surface area (Å²) in [5, 5.41) is 0. The molecule has 1 N–H and O–H groups in total. The molecule has 1 saturated carbocycles. The van der Waals surface area contributed by atoms with E-state index in [4.69, 9.17) is 9.47 Å². The lowest BCUT2D eigenvalue weighted by Gasteiger charge is -2.11. The minimum atomic E-state index is -3.58. The van der Waals surface area contributed by atoms with Gasteiger partial charge in [0.05, 0.1) is 7.11 Å². The van der Waals surface area contributed by atoms with Gasteiger partial charge >= 0.3 is 0 Å². The lowest BCUT2D eigenvalue weighted by Crippen LogP contribution is -2.26. The van der Waals surface area contributed by atoms with Gasteiger partial charge < -0.3 is 9.47 Å². The maximum absolute atomic E-state index is 12.3. The molecule has 2 rings (SSSR count). The second kappa shape index (κ2) is 7.58. The molecule has 0 atom stereocenters. The number of sulfonamides is 1. The van der Waals surface area contributed by atoms with E-state index in [0.717, 1.165) is 12.5 Å². The van der Waals surface area contributed by atoms with Crippen molar-refractivity contribution in [3.05, 3.63) is 22.7 Å². The Morgan fingerprint density at radius 3 is 2.81 bits per heavy atom. The third kappa shape index (κ3) is 5.25. The van der Waals surface area contributed by atoms with Crippen molar-refractivity contribution < 1.29 is 17.9 Å². The second-order valence-electron chi connectivity index (χ2n) is 5.06. The van der Waals surface area contributed by atoms with E-state index in [1.165, 1.54) is 26.0 Å². The summed E-state index contributed by atoms with van der Waals surface area (Å²) in [5.41, 5.74) is 0. The molecule has 0 saturated heterocycles. The standard InChI is InChI=1S/C14H20BrNO4S/c1-19-13-6-5-12(15)9-14(13)21(17,18)16-7-2-8-20-10-11-3-4-11/h5-6,9,11,16H,2-4,7-8,10H2,1H3. The van der Waals surface area contributed by atoms with Crippen LogP contribution in [0.4, 0.5) is 0 Å². The summed E-state index contributed by atoms with van der Waals surface area (Å²) in [6.45, 7) is 1.73. The molecule has 0 bridgehead atoms. The fourth-order valence-corrected chi connectivity index (χ4v) is 3.63. The molecular weight excluding hydrogens is 358 g/mol. The van der Waals surface area contributed by atoms with Crippen LogP contribution in [0.25, 0.3) is 0 Å². The Labute approximate surface area is 134 Å². The van der Waals surface area contributed by atoms with E-state index < -0.39 is 10.0 Å². The molecule has 0 aliphatic heterocycles. The van der Waals surface area contributed by atoms with E-state index in [9.17, 15) is 8.42 Å². The Balaban J connectivity index is 1.84. The van der Waals surface area contributed by atoms with Crippen LogP contribution in [0.1, 0.15) is 19.3 Å². The van der Waals surface area contributed by atoms with Crippen molar-refractivity contribution in [2.45, 2.75) is 24.2 Å². The molecule has 0 aromatic heterocycles. The van der Waals surface area contributed by atoms with Crippen molar-refractivity contribution in [3.8, 4) is 5.75 Å². The highest BCUT2D eigenvalue weighted by atomic mass is 79.9. The molecule has 0 spiro atoms. The molecule has 5 nitrogen and oxygen atoms in total. The molecule has 0 heterocycles. The summed E-state index contributed by atoms with van der Waals surface area (Å²) in [6.07, 6.45) is 3.17. The first-order valence-corrected chi connectivity index (χ1v) is 9.21. The molecular formula is C14H20BrNO4S. The molecule has 21 heavy (non-hydrogen) atoms. The summed E-state index contributed by atoms with van der Waals surface area (Å²) in [5.74, 6) is 1.06. The van der Waals surface area contributed by atoms with Crippen LogP contribution in [-0.2, 0) is 14.8 Å². The lowest BCUT2D eigenvalue weighted by molar-refractivity contribution is 0.123. The van der Waals surface area contributed by atoms with Gasteiger partial charge in [-0.15, -0.1) is 0 Å². The highest BCUT2D eigenvalue weighted by Crippen LogP contribution is 2.29. The summed E-state index contributed by atoms with van der Waals surface area (Å²) in [7, 11) is -2.12. The van der Waals surface area contributed by atoms with Gasteiger partial charge in [-0.05, 0) is 43.4 Å². The minimum absolute atomic E-state index is 0.137. The van der Waals surface area contributed by atoms with Gasteiger partial charge in [-0.25, -0.2) is 13.1 Å². The minimum Gasteiger partial charge on any atom is -0.495 e. The quantitative estimate of drug-likeness (QED) is 0.671. The van der Waals surface area contributed by atoms with Gasteiger partial charge in [0.25, 0.3) is 0 Å². The van der Waals surface area contributed by atoms with Crippen LogP contribution in [0.3, 0.4) is 0 Å². The van der Waals surface area contributed by atoms with Crippen LogP contribution in [0.5, 0.6) is 5.75 Å². The van der Waals surface area contributed by atoms with Crippen molar-refractivity contribution in [2.24, 2.45) is 5.92 Å². The van der Waals surface area contributed by atoms with Gasteiger partial charge in [-0.3, -0.25) is 0 Å². The van der Waals surface area contributed by atoms with Crippen molar-refractivity contribution in [2.75, 3.05) is 26.9 Å². The van der Waals surface area contributed by atoms with Crippen LogP contribution in [0, 0.1) is 5.92 Å². The first-order valence-electron chi connectivity index (χ1n) is 6.94. The third-order valence-corrected chi connectivity index (χ3v) is 5.20. The molecule has 1 aromatic carbocycles. The lowest BCUT2D eigenvalue weighted by atomic mass is 10.3. The van der Waals surface area contributed by atoms with E-state index in [0.29, 0.717) is 29.8 Å². The SMILES string of the molecule is COc1ccc(Br)cc1S(=O)(=O)NCCCOCC1CC1. The van der Waals surface area contributed by atoms with E-state index >= 15 is 0 Å². The molecule has 1 aromatic rings. The topological polar surface area (TPSA) is 64.6 Å². The monoisotopic (exact) mass is 377 g/mol. The van der Waals surface area contributed by atoms with Crippen LogP contribution < -0.4 is 9.46 Å². The molecule has 0 unspecified atom stereocenters. The van der Waals surface area contributed by atoms with Crippen molar-refractivity contribution >= 4 is 26.0 Å². The first-order chi connectivity index (χ1) is 10.0. The highest BCUT2D eigenvalue weighted by molar-refractivity contribution is 9.10. The zero-order valence-corrected chi connectivity index (χ0v) is 14.4. The Kier molecular flexibility index (Phi) is 6.04. The summed E-state index contributed by atoms with van der Waals surface area (Å²) in [6, 6.07) is 4.89. The first kappa shape index (κ1) is 16.7. The van der Waals surface area contributed by atoms with Crippen molar-refractivity contribution in [3.63, 3.8) is 0 Å². The van der Waals surface area contributed by atoms with E-state index in [2.05, 4.69) is 20.7 Å². The third-order valence-electron chi connectivity index (χ3n) is 3.22. The average Bonchev–Trinajstić information content (AvgIpc) is 3.27. The molecule has 7 heteroatoms. The summed E-state index contributed by atoms with van der Waals surface area (Å²) >= 11 is 3.27. The zero-order chi connectivity index (χ0) is 15.3. The van der Waals surface area contributed by atoms with Crippen molar-refractivity contribution in [1.82, 2.24) is 4.72 Å². The normalized spacial score (nSPS) is 15.1. The number of ether oxygens (including phenoxy) is 2. The smallest absolute Gasteiger partial charge is 0.244 e. The Hall–Kier alpha value is -0.630. The fourth-order valence-electron chi connectivity index (χ4n) is 1.85.